The summed E-state index contributed by atoms with van der Waals surface area (Å²) in [6.45, 7) is 1.47. The van der Waals surface area contributed by atoms with Gasteiger partial charge in [-0.15, -0.1) is 0 Å². The first-order valence-electron chi connectivity index (χ1n) is 29.4. The highest BCUT2D eigenvalue weighted by Crippen LogP contribution is 2.36. The van der Waals surface area contributed by atoms with E-state index in [9.17, 15) is 47.8 Å². The topological polar surface area (TPSA) is 347 Å². The zero-order valence-electron chi connectivity index (χ0n) is 50.7. The van der Waals surface area contributed by atoms with Crippen LogP contribution in [0.1, 0.15) is 127 Å². The summed E-state index contributed by atoms with van der Waals surface area (Å²) in [5.74, 6) is -0.372. The van der Waals surface area contributed by atoms with Crippen LogP contribution in [0.5, 0.6) is 17.2 Å². The van der Waals surface area contributed by atoms with Gasteiger partial charge in [0, 0.05) is 102 Å². The van der Waals surface area contributed by atoms with Crippen molar-refractivity contribution in [1.29, 1.82) is 0 Å². The average Bonchev–Trinajstić information content (AvgIpc) is 3.71. The SMILES string of the molecule is COc1ccc(C(=O)NCCCNC(=O)CCOCC(COCCC(=O)NCCCNC(=O)c2ccc(OC)cc2)(COCCC(=O)NCCCNC(=O)c2ccc(OC)cc2)NC(=O)CCCCCC(=O)NCCCCCCOP(=O)([O-])OC)cc1. The Kier molecular flexibility index (Phi) is 37.7. The smallest absolute Gasteiger partial charge is 0.267 e. The second-order valence-electron chi connectivity index (χ2n) is 20.1. The number of hydrogen-bond donors (Lipinski definition) is 8. The van der Waals surface area contributed by atoms with E-state index in [-0.39, 0.29) is 145 Å². The highest BCUT2D eigenvalue weighted by atomic mass is 31.2. The van der Waals surface area contributed by atoms with Crippen LogP contribution < -0.4 is 61.6 Å². The van der Waals surface area contributed by atoms with E-state index in [0.717, 1.165) is 13.5 Å². The lowest BCUT2D eigenvalue weighted by atomic mass is 10.0. The quantitative estimate of drug-likeness (QED) is 0.0295. The Morgan fingerprint density at radius 3 is 1.05 bits per heavy atom. The summed E-state index contributed by atoms with van der Waals surface area (Å²) in [4.78, 5) is 114. The molecule has 3 aromatic rings. The molecule has 0 bridgehead atoms. The van der Waals surface area contributed by atoms with E-state index in [4.69, 9.17) is 32.9 Å². The minimum absolute atomic E-state index is 0.0236. The number of phosphoric acid groups is 1. The zero-order valence-corrected chi connectivity index (χ0v) is 51.6. The fraction of sp³-hybridized carbons (Fsp3) is 0.567. The molecule has 26 nitrogen and oxygen atoms in total. The van der Waals surface area contributed by atoms with Crippen LogP contribution in [0.25, 0.3) is 0 Å². The molecular formula is C60H90N8O18P-. The van der Waals surface area contributed by atoms with E-state index in [0.29, 0.717) is 118 Å². The van der Waals surface area contributed by atoms with Crippen LogP contribution in [0.4, 0.5) is 0 Å². The van der Waals surface area contributed by atoms with Crippen molar-refractivity contribution >= 4 is 55.1 Å². The Labute approximate surface area is 510 Å². The van der Waals surface area contributed by atoms with Gasteiger partial charge in [0.2, 0.25) is 29.5 Å². The molecule has 1 atom stereocenters. The van der Waals surface area contributed by atoms with Crippen molar-refractivity contribution in [3.63, 3.8) is 0 Å². The Bertz CT molecular complexity index is 2350. The maximum absolute atomic E-state index is 13.8. The van der Waals surface area contributed by atoms with E-state index in [2.05, 4.69) is 47.1 Å². The molecule has 3 aromatic carbocycles. The van der Waals surface area contributed by atoms with Crippen molar-refractivity contribution in [3.05, 3.63) is 89.5 Å². The van der Waals surface area contributed by atoms with Crippen molar-refractivity contribution in [2.45, 2.75) is 102 Å². The molecule has 0 radical (unpaired) electrons. The molecule has 27 heteroatoms. The van der Waals surface area contributed by atoms with Gasteiger partial charge in [0.15, 0.2) is 0 Å². The number of phosphoric ester groups is 1. The average molecular weight is 1240 g/mol. The van der Waals surface area contributed by atoms with Crippen LogP contribution in [0.2, 0.25) is 0 Å². The highest BCUT2D eigenvalue weighted by molar-refractivity contribution is 7.45. The normalized spacial score (nSPS) is 11.7. The number of nitrogens with one attached hydrogen (secondary N) is 8. The summed E-state index contributed by atoms with van der Waals surface area (Å²) < 4.78 is 53.9. The fourth-order valence-corrected chi connectivity index (χ4v) is 8.57. The largest absolute Gasteiger partial charge is 0.756 e. The standard InChI is InChI=1S/C60H91N8O18P/c1-79-49-23-17-46(18-24-49)57(74)65-36-12-33-62-53(70)29-40-83-43-60(44-84-41-30-54(71)63-34-13-37-66-58(75)47-19-25-50(80-2)26-20-47,45-85-42-31-55(72)64-35-14-38-67-59(76)48-21-27-51(81-3)28-22-48)68-56(73)16-9-7-8-15-52(69)61-32-10-5-6-11-39-86-87(77,78)82-4/h17-28H,5-16,29-45H2,1-4H3,(H,61,69)(H,62,70)(H,63,71)(H,64,72)(H,65,74)(H,66,75)(H,67,76)(H,68,73)(H,77,78)/p-1. The molecule has 0 aliphatic heterocycles. The number of methoxy groups -OCH3 is 3. The summed E-state index contributed by atoms with van der Waals surface area (Å²) in [7, 11) is 1.40. The Balaban J connectivity index is 1.58. The van der Waals surface area contributed by atoms with Gasteiger partial charge in [-0.3, -0.25) is 42.9 Å². The number of amides is 8. The second-order valence-corrected chi connectivity index (χ2v) is 21.6. The molecule has 0 saturated heterocycles. The summed E-state index contributed by atoms with van der Waals surface area (Å²) in [5.41, 5.74) is 0.0302. The fourth-order valence-electron chi connectivity index (χ4n) is 8.12. The van der Waals surface area contributed by atoms with Crippen molar-refractivity contribution in [2.75, 3.05) is 121 Å². The summed E-state index contributed by atoms with van der Waals surface area (Å²) >= 11 is 0. The third-order valence-electron chi connectivity index (χ3n) is 13.1. The number of benzene rings is 3. The van der Waals surface area contributed by atoms with E-state index in [1.807, 2.05) is 0 Å². The van der Waals surface area contributed by atoms with E-state index in [1.54, 1.807) is 72.8 Å². The lowest BCUT2D eigenvalue weighted by Gasteiger charge is -2.34. The minimum atomic E-state index is -4.25. The van der Waals surface area contributed by atoms with Gasteiger partial charge in [-0.05, 0) is 118 Å². The minimum Gasteiger partial charge on any atom is -0.756 e. The van der Waals surface area contributed by atoms with Crippen molar-refractivity contribution < 1.29 is 85.3 Å². The summed E-state index contributed by atoms with van der Waals surface area (Å²) in [6.07, 6.45) is 5.77. The molecule has 0 aromatic heterocycles. The van der Waals surface area contributed by atoms with Crippen molar-refractivity contribution in [2.24, 2.45) is 0 Å². The van der Waals surface area contributed by atoms with Gasteiger partial charge >= 0.3 is 0 Å². The molecule has 3 rings (SSSR count). The highest BCUT2D eigenvalue weighted by Gasteiger charge is 2.34. The number of carbonyl (C=O) groups is 8. The molecule has 484 valence electrons. The van der Waals surface area contributed by atoms with E-state index < -0.39 is 13.4 Å². The maximum Gasteiger partial charge on any atom is 0.267 e. The van der Waals surface area contributed by atoms with Gasteiger partial charge in [0.05, 0.1) is 67.6 Å². The molecule has 0 spiro atoms. The summed E-state index contributed by atoms with van der Waals surface area (Å²) in [5, 5.41) is 22.8. The number of hydrogen-bond acceptors (Lipinski definition) is 18. The molecule has 1 unspecified atom stereocenters. The third-order valence-corrected chi connectivity index (χ3v) is 14.0. The molecule has 0 saturated carbocycles. The van der Waals surface area contributed by atoms with Gasteiger partial charge in [0.25, 0.3) is 25.5 Å². The van der Waals surface area contributed by atoms with Gasteiger partial charge in [-0.1, -0.05) is 19.3 Å². The van der Waals surface area contributed by atoms with Crippen LogP contribution in [0, 0.1) is 0 Å². The molecule has 87 heavy (non-hydrogen) atoms. The molecule has 0 aliphatic rings. The molecule has 8 N–H and O–H groups in total. The first-order valence-corrected chi connectivity index (χ1v) is 30.9. The number of carbonyl (C=O) groups excluding carboxylic acids is 8. The molecule has 0 heterocycles. The van der Waals surface area contributed by atoms with Gasteiger partial charge in [0.1, 0.15) is 22.8 Å². The van der Waals surface area contributed by atoms with Gasteiger partial charge < -0.3 is 84.9 Å². The molecule has 8 amide bonds. The van der Waals surface area contributed by atoms with Crippen LogP contribution in [0.15, 0.2) is 72.8 Å². The van der Waals surface area contributed by atoms with Crippen molar-refractivity contribution in [1.82, 2.24) is 42.5 Å². The van der Waals surface area contributed by atoms with Crippen LogP contribution in [0.3, 0.4) is 0 Å². The monoisotopic (exact) mass is 1240 g/mol. The molecule has 0 aliphatic carbocycles. The van der Waals surface area contributed by atoms with Crippen LogP contribution >= 0.6 is 7.82 Å². The third kappa shape index (κ3) is 34.1. The van der Waals surface area contributed by atoms with Gasteiger partial charge in [-0.25, -0.2) is 0 Å². The zero-order chi connectivity index (χ0) is 63.4. The first-order chi connectivity index (χ1) is 42.0. The van der Waals surface area contributed by atoms with Crippen LogP contribution in [-0.2, 0) is 51.8 Å². The maximum atomic E-state index is 13.8. The number of ether oxygens (including phenoxy) is 6. The lowest BCUT2D eigenvalue weighted by Crippen LogP contribution is -2.58. The summed E-state index contributed by atoms with van der Waals surface area (Å²) in [6, 6.07) is 20.0. The Morgan fingerprint density at radius 2 is 0.690 bits per heavy atom. The van der Waals surface area contributed by atoms with E-state index in [1.165, 1.54) is 21.3 Å². The molecular weight excluding hydrogens is 1150 g/mol. The van der Waals surface area contributed by atoms with E-state index >= 15 is 0 Å². The predicted octanol–water partition coefficient (Wildman–Crippen LogP) is 3.65. The van der Waals surface area contributed by atoms with Crippen LogP contribution in [-0.4, -0.2) is 173 Å². The Hall–Kier alpha value is -7.19. The second kappa shape index (κ2) is 44.3. The number of rotatable bonds is 49. The lowest BCUT2D eigenvalue weighted by molar-refractivity contribution is -0.223. The first kappa shape index (κ1) is 74.1. The van der Waals surface area contributed by atoms with Crippen molar-refractivity contribution in [3.8, 4) is 17.2 Å². The Morgan fingerprint density at radius 1 is 0.379 bits per heavy atom. The molecule has 0 fully saturated rings. The van der Waals surface area contributed by atoms with Gasteiger partial charge in [-0.2, -0.15) is 0 Å². The predicted molar refractivity (Wildman–Crippen MR) is 321 cm³/mol. The number of unbranched alkanes of at least 4 members (excludes halogenated alkanes) is 5.